The van der Waals surface area contributed by atoms with Crippen molar-refractivity contribution in [2.24, 2.45) is 0 Å². The maximum Gasteiger partial charge on any atom is 0.265 e. The summed E-state index contributed by atoms with van der Waals surface area (Å²) in [5.41, 5.74) is 2.54. The molecular weight excluding hydrogens is 470 g/mol. The highest BCUT2D eigenvalue weighted by molar-refractivity contribution is 7.89. The van der Waals surface area contributed by atoms with E-state index in [0.717, 1.165) is 11.1 Å². The van der Waals surface area contributed by atoms with Crippen molar-refractivity contribution in [1.82, 2.24) is 9.62 Å². The molecule has 0 aliphatic carbocycles. The Balaban J connectivity index is 1.37. The van der Waals surface area contributed by atoms with Crippen LogP contribution in [0, 0.1) is 0 Å². The molecule has 1 fully saturated rings. The van der Waals surface area contributed by atoms with Gasteiger partial charge in [-0.25, -0.2) is 8.42 Å². The SMILES string of the molecule is C=CC(=O)NC1CCN(S(=O)(=O)c2ccc(NC(=O)c3cc(-c4ccccc4)cs3)cc2)CC1. The first-order valence-electron chi connectivity index (χ1n) is 10.9. The van der Waals surface area contributed by atoms with E-state index in [2.05, 4.69) is 17.2 Å². The Bertz CT molecular complexity index is 1280. The molecule has 2 heterocycles. The second-order valence-electron chi connectivity index (χ2n) is 7.94. The zero-order valence-electron chi connectivity index (χ0n) is 18.4. The van der Waals surface area contributed by atoms with Crippen LogP contribution in [0.15, 0.2) is 83.6 Å². The van der Waals surface area contributed by atoms with Crippen molar-refractivity contribution in [2.75, 3.05) is 18.4 Å². The smallest absolute Gasteiger partial charge is 0.265 e. The number of piperidine rings is 1. The third-order valence-corrected chi connectivity index (χ3v) is 8.51. The van der Waals surface area contributed by atoms with E-state index in [1.165, 1.54) is 33.9 Å². The van der Waals surface area contributed by atoms with E-state index in [0.29, 0.717) is 36.5 Å². The van der Waals surface area contributed by atoms with E-state index in [9.17, 15) is 18.0 Å². The van der Waals surface area contributed by atoms with Gasteiger partial charge in [0.05, 0.1) is 9.77 Å². The molecule has 0 bridgehead atoms. The van der Waals surface area contributed by atoms with Crippen LogP contribution in [0.25, 0.3) is 11.1 Å². The first kappa shape index (κ1) is 23.9. The number of amides is 2. The molecule has 1 saturated heterocycles. The van der Waals surface area contributed by atoms with Gasteiger partial charge in [0.1, 0.15) is 0 Å². The van der Waals surface area contributed by atoms with E-state index in [4.69, 9.17) is 0 Å². The van der Waals surface area contributed by atoms with E-state index < -0.39 is 10.0 Å². The summed E-state index contributed by atoms with van der Waals surface area (Å²) in [6.07, 6.45) is 2.29. The summed E-state index contributed by atoms with van der Waals surface area (Å²) in [6.45, 7) is 4.08. The van der Waals surface area contributed by atoms with Crippen molar-refractivity contribution in [2.45, 2.75) is 23.8 Å². The Kier molecular flexibility index (Phi) is 7.26. The van der Waals surface area contributed by atoms with E-state index in [1.807, 2.05) is 41.8 Å². The Hall–Kier alpha value is -3.27. The zero-order valence-corrected chi connectivity index (χ0v) is 20.1. The summed E-state index contributed by atoms with van der Waals surface area (Å²) < 4.78 is 27.4. The summed E-state index contributed by atoms with van der Waals surface area (Å²) in [5, 5.41) is 7.57. The lowest BCUT2D eigenvalue weighted by atomic mass is 10.1. The minimum atomic E-state index is -3.65. The highest BCUT2D eigenvalue weighted by atomic mass is 32.2. The predicted molar refractivity (Wildman–Crippen MR) is 134 cm³/mol. The number of carbonyl (C=O) groups excluding carboxylic acids is 2. The minimum Gasteiger partial charge on any atom is -0.350 e. The van der Waals surface area contributed by atoms with Gasteiger partial charge in [0.25, 0.3) is 5.91 Å². The fourth-order valence-corrected chi connectivity index (χ4v) is 6.07. The van der Waals surface area contributed by atoms with Crippen molar-refractivity contribution >= 4 is 38.9 Å². The van der Waals surface area contributed by atoms with Crippen molar-refractivity contribution in [3.8, 4) is 11.1 Å². The van der Waals surface area contributed by atoms with Crippen LogP contribution in [-0.2, 0) is 14.8 Å². The third-order valence-electron chi connectivity index (χ3n) is 5.67. The van der Waals surface area contributed by atoms with E-state index >= 15 is 0 Å². The number of rotatable bonds is 7. The van der Waals surface area contributed by atoms with Crippen LogP contribution in [-0.4, -0.2) is 43.7 Å². The lowest BCUT2D eigenvalue weighted by Crippen LogP contribution is -2.46. The number of thiophene rings is 1. The van der Waals surface area contributed by atoms with Gasteiger partial charge >= 0.3 is 0 Å². The normalized spacial score (nSPS) is 14.9. The quantitative estimate of drug-likeness (QED) is 0.482. The number of hydrogen-bond acceptors (Lipinski definition) is 5. The van der Waals surface area contributed by atoms with Gasteiger partial charge < -0.3 is 10.6 Å². The van der Waals surface area contributed by atoms with Gasteiger partial charge in [0.2, 0.25) is 15.9 Å². The molecule has 3 aromatic rings. The average molecular weight is 496 g/mol. The second kappa shape index (κ2) is 10.3. The molecule has 1 aliphatic rings. The molecule has 0 radical (unpaired) electrons. The highest BCUT2D eigenvalue weighted by Crippen LogP contribution is 2.27. The van der Waals surface area contributed by atoms with Gasteiger partial charge in [-0.1, -0.05) is 36.9 Å². The van der Waals surface area contributed by atoms with Crippen LogP contribution in [0.5, 0.6) is 0 Å². The van der Waals surface area contributed by atoms with Crippen LogP contribution < -0.4 is 10.6 Å². The molecule has 176 valence electrons. The number of nitrogens with one attached hydrogen (secondary N) is 2. The Morgan fingerprint density at radius 2 is 1.68 bits per heavy atom. The molecule has 2 aromatic carbocycles. The fourth-order valence-electron chi connectivity index (χ4n) is 3.79. The van der Waals surface area contributed by atoms with Crippen molar-refractivity contribution in [3.63, 3.8) is 0 Å². The van der Waals surface area contributed by atoms with Gasteiger partial charge in [-0.15, -0.1) is 11.3 Å². The van der Waals surface area contributed by atoms with Crippen LogP contribution in [0.1, 0.15) is 22.5 Å². The van der Waals surface area contributed by atoms with Crippen LogP contribution in [0.3, 0.4) is 0 Å². The van der Waals surface area contributed by atoms with Crippen molar-refractivity contribution in [3.05, 3.63) is 83.6 Å². The van der Waals surface area contributed by atoms with Crippen molar-refractivity contribution in [1.29, 1.82) is 0 Å². The largest absolute Gasteiger partial charge is 0.350 e. The number of carbonyl (C=O) groups is 2. The molecule has 0 spiro atoms. The van der Waals surface area contributed by atoms with Gasteiger partial charge in [0.15, 0.2) is 0 Å². The van der Waals surface area contributed by atoms with E-state index in [-0.39, 0.29) is 22.8 Å². The Morgan fingerprint density at radius 3 is 2.32 bits per heavy atom. The Morgan fingerprint density at radius 1 is 1.00 bits per heavy atom. The zero-order chi connectivity index (χ0) is 24.1. The summed E-state index contributed by atoms with van der Waals surface area (Å²) in [7, 11) is -3.65. The summed E-state index contributed by atoms with van der Waals surface area (Å²) >= 11 is 1.36. The number of nitrogens with zero attached hydrogens (tertiary/aromatic N) is 1. The maximum absolute atomic E-state index is 13.0. The highest BCUT2D eigenvalue weighted by Gasteiger charge is 2.29. The van der Waals surface area contributed by atoms with Crippen LogP contribution in [0.2, 0.25) is 0 Å². The molecular formula is C25H25N3O4S2. The topological polar surface area (TPSA) is 95.6 Å². The second-order valence-corrected chi connectivity index (χ2v) is 10.8. The first-order chi connectivity index (χ1) is 16.4. The lowest BCUT2D eigenvalue weighted by molar-refractivity contribution is -0.117. The molecule has 7 nitrogen and oxygen atoms in total. The van der Waals surface area contributed by atoms with Gasteiger partial charge in [-0.05, 0) is 65.8 Å². The van der Waals surface area contributed by atoms with E-state index in [1.54, 1.807) is 12.1 Å². The third kappa shape index (κ3) is 5.44. The number of anilines is 1. The molecule has 4 rings (SSSR count). The summed E-state index contributed by atoms with van der Waals surface area (Å²) in [5.74, 6) is -0.496. The number of hydrogen-bond donors (Lipinski definition) is 2. The fraction of sp³-hybridized carbons (Fsp3) is 0.200. The first-order valence-corrected chi connectivity index (χ1v) is 13.2. The Labute approximate surface area is 203 Å². The molecule has 2 N–H and O–H groups in total. The minimum absolute atomic E-state index is 0.0609. The summed E-state index contributed by atoms with van der Waals surface area (Å²) in [6, 6.07) is 17.8. The van der Waals surface area contributed by atoms with Gasteiger partial charge in [0, 0.05) is 24.8 Å². The molecule has 9 heteroatoms. The molecule has 34 heavy (non-hydrogen) atoms. The molecule has 1 aromatic heterocycles. The van der Waals surface area contributed by atoms with Crippen molar-refractivity contribution < 1.29 is 18.0 Å². The lowest BCUT2D eigenvalue weighted by Gasteiger charge is -2.31. The van der Waals surface area contributed by atoms with Crippen LogP contribution in [0.4, 0.5) is 5.69 Å². The molecule has 1 aliphatic heterocycles. The van der Waals surface area contributed by atoms with Gasteiger partial charge in [-0.2, -0.15) is 4.31 Å². The molecule has 0 atom stereocenters. The number of sulfonamides is 1. The molecule has 0 saturated carbocycles. The maximum atomic E-state index is 13.0. The van der Waals surface area contributed by atoms with Gasteiger partial charge in [-0.3, -0.25) is 9.59 Å². The standard InChI is InChI=1S/C25H25N3O4S2/c1-2-24(29)26-21-12-14-28(15-13-21)34(31,32)22-10-8-20(9-11-22)27-25(30)23-16-19(17-33-23)18-6-4-3-5-7-18/h2-11,16-17,21H,1,12-15H2,(H,26,29)(H,27,30). The monoisotopic (exact) mass is 495 g/mol. The molecule has 0 unspecified atom stereocenters. The predicted octanol–water partition coefficient (Wildman–Crippen LogP) is 4.12. The van der Waals surface area contributed by atoms with Crippen LogP contribution >= 0.6 is 11.3 Å². The average Bonchev–Trinajstić information content (AvgIpc) is 3.36. The number of benzene rings is 2. The summed E-state index contributed by atoms with van der Waals surface area (Å²) in [4.78, 5) is 24.8. The molecule has 2 amide bonds.